The molecule has 2 heterocycles. The van der Waals surface area contributed by atoms with E-state index in [0.29, 0.717) is 23.8 Å². The zero-order valence-corrected chi connectivity index (χ0v) is 13.0. The molecule has 7 heteroatoms. The van der Waals surface area contributed by atoms with Gasteiger partial charge in [-0.1, -0.05) is 6.92 Å². The van der Waals surface area contributed by atoms with Gasteiger partial charge in [0.05, 0.1) is 4.90 Å². The lowest BCUT2D eigenvalue weighted by molar-refractivity contribution is 0.135. The third-order valence-corrected chi connectivity index (χ3v) is 5.62. The zero-order chi connectivity index (χ0) is 14.8. The Morgan fingerprint density at radius 3 is 2.80 bits per heavy atom. The Morgan fingerprint density at radius 2 is 2.20 bits per heavy atom. The van der Waals surface area contributed by atoms with E-state index in [1.807, 2.05) is 0 Å². The van der Waals surface area contributed by atoms with Gasteiger partial charge in [0.25, 0.3) is 0 Å². The maximum absolute atomic E-state index is 12.6. The fraction of sp³-hybridized carbons (Fsp3) is 0.615. The lowest BCUT2D eigenvalue weighted by Crippen LogP contribution is -2.53. The molecule has 0 amide bonds. The maximum Gasteiger partial charge on any atom is 0.243 e. The van der Waals surface area contributed by atoms with Crippen molar-refractivity contribution in [2.24, 2.45) is 0 Å². The number of pyridine rings is 1. The van der Waals surface area contributed by atoms with Crippen LogP contribution in [0.15, 0.2) is 23.2 Å². The Labute approximate surface area is 120 Å². The molecule has 0 radical (unpaired) electrons. The normalized spacial score (nSPS) is 21.9. The minimum atomic E-state index is -3.43. The second-order valence-electron chi connectivity index (χ2n) is 4.97. The Bertz CT molecular complexity index is 561. The molecule has 0 saturated carbocycles. The second kappa shape index (κ2) is 6.07. The fourth-order valence-electron chi connectivity index (χ4n) is 2.51. The van der Waals surface area contributed by atoms with E-state index in [1.165, 1.54) is 6.20 Å². The van der Waals surface area contributed by atoms with Crippen molar-refractivity contribution in [2.75, 3.05) is 38.5 Å². The largest absolute Gasteiger partial charge is 0.373 e. The Balaban J connectivity index is 2.22. The Hall–Kier alpha value is -1.18. The van der Waals surface area contributed by atoms with Gasteiger partial charge in [0.2, 0.25) is 10.0 Å². The fourth-order valence-corrected chi connectivity index (χ4v) is 4.03. The van der Waals surface area contributed by atoms with Crippen LogP contribution >= 0.6 is 0 Å². The number of likely N-dealkylation sites (N-methyl/N-ethyl adjacent to an activating group) is 1. The highest BCUT2D eigenvalue weighted by atomic mass is 32.2. The summed E-state index contributed by atoms with van der Waals surface area (Å²) in [6.45, 7) is 6.97. The van der Waals surface area contributed by atoms with Crippen LogP contribution in [0.3, 0.4) is 0 Å². The summed E-state index contributed by atoms with van der Waals surface area (Å²) in [6, 6.07) is 3.37. The van der Waals surface area contributed by atoms with E-state index in [0.717, 1.165) is 13.1 Å². The highest BCUT2D eigenvalue weighted by Crippen LogP contribution is 2.21. The average molecular weight is 298 g/mol. The SMILES string of the molecule is CCN1CCN(S(=O)(=O)c2ccnc(NC)c2)CC1C. The molecular weight excluding hydrogens is 276 g/mol. The van der Waals surface area contributed by atoms with Crippen molar-refractivity contribution < 1.29 is 8.42 Å². The van der Waals surface area contributed by atoms with Gasteiger partial charge in [-0.15, -0.1) is 0 Å². The van der Waals surface area contributed by atoms with Crippen LogP contribution in [0.2, 0.25) is 0 Å². The average Bonchev–Trinajstić information content (AvgIpc) is 2.47. The highest BCUT2D eigenvalue weighted by molar-refractivity contribution is 7.89. The van der Waals surface area contributed by atoms with Gasteiger partial charge in [-0.05, 0) is 19.5 Å². The summed E-state index contributed by atoms with van der Waals surface area (Å²) in [5.74, 6) is 0.561. The topological polar surface area (TPSA) is 65.5 Å². The van der Waals surface area contributed by atoms with Crippen LogP contribution in [0.5, 0.6) is 0 Å². The first-order valence-electron chi connectivity index (χ1n) is 6.87. The van der Waals surface area contributed by atoms with Gasteiger partial charge in [-0.3, -0.25) is 4.90 Å². The predicted octanol–water partition coefficient (Wildman–Crippen LogP) is 0.838. The van der Waals surface area contributed by atoms with E-state index in [1.54, 1.807) is 23.5 Å². The first kappa shape index (κ1) is 15.2. The molecule has 0 spiro atoms. The minimum Gasteiger partial charge on any atom is -0.373 e. The molecule has 1 aliphatic heterocycles. The molecule has 20 heavy (non-hydrogen) atoms. The summed E-state index contributed by atoms with van der Waals surface area (Å²) in [6.07, 6.45) is 1.52. The minimum absolute atomic E-state index is 0.245. The van der Waals surface area contributed by atoms with Crippen LogP contribution in [0.1, 0.15) is 13.8 Å². The first-order chi connectivity index (χ1) is 9.48. The van der Waals surface area contributed by atoms with Gasteiger partial charge in [-0.2, -0.15) is 4.31 Å². The molecule has 1 fully saturated rings. The number of sulfonamides is 1. The zero-order valence-electron chi connectivity index (χ0n) is 12.2. The molecule has 6 nitrogen and oxygen atoms in total. The molecule has 1 aromatic rings. The van der Waals surface area contributed by atoms with Crippen LogP contribution in [0.4, 0.5) is 5.82 Å². The third kappa shape index (κ3) is 2.94. The first-order valence-corrected chi connectivity index (χ1v) is 8.31. The van der Waals surface area contributed by atoms with Crippen molar-refractivity contribution in [3.63, 3.8) is 0 Å². The van der Waals surface area contributed by atoms with Crippen LogP contribution in [-0.2, 0) is 10.0 Å². The molecule has 1 aromatic heterocycles. The second-order valence-corrected chi connectivity index (χ2v) is 6.91. The predicted molar refractivity (Wildman–Crippen MR) is 79.3 cm³/mol. The van der Waals surface area contributed by atoms with Crippen LogP contribution < -0.4 is 5.32 Å². The number of aromatic nitrogens is 1. The summed E-state index contributed by atoms with van der Waals surface area (Å²) >= 11 is 0. The smallest absolute Gasteiger partial charge is 0.243 e. The molecule has 0 aliphatic carbocycles. The Kier molecular flexibility index (Phi) is 4.62. The number of hydrogen-bond acceptors (Lipinski definition) is 5. The molecule has 2 rings (SSSR count). The van der Waals surface area contributed by atoms with Crippen LogP contribution in [-0.4, -0.2) is 61.9 Å². The molecule has 1 atom stereocenters. The summed E-state index contributed by atoms with van der Waals surface area (Å²) in [5, 5.41) is 2.87. The monoisotopic (exact) mass is 298 g/mol. The van der Waals surface area contributed by atoms with Crippen molar-refractivity contribution in [1.82, 2.24) is 14.2 Å². The molecule has 1 N–H and O–H groups in total. The molecule has 112 valence electrons. The van der Waals surface area contributed by atoms with E-state index in [2.05, 4.69) is 29.0 Å². The summed E-state index contributed by atoms with van der Waals surface area (Å²) in [5.41, 5.74) is 0. The van der Waals surface area contributed by atoms with Gasteiger partial charge in [0.1, 0.15) is 5.82 Å². The number of nitrogens with zero attached hydrogens (tertiary/aromatic N) is 3. The van der Waals surface area contributed by atoms with E-state index < -0.39 is 10.0 Å². The highest BCUT2D eigenvalue weighted by Gasteiger charge is 2.31. The standard InChI is InChI=1S/C13H22N4O2S/c1-4-16-7-8-17(10-11(16)2)20(18,19)12-5-6-15-13(9-12)14-3/h5-6,9,11H,4,7-8,10H2,1-3H3,(H,14,15). The molecule has 0 aromatic carbocycles. The third-order valence-electron chi connectivity index (χ3n) is 3.76. The van der Waals surface area contributed by atoms with Gasteiger partial charge in [0.15, 0.2) is 0 Å². The van der Waals surface area contributed by atoms with Gasteiger partial charge in [-0.25, -0.2) is 13.4 Å². The molecule has 1 saturated heterocycles. The van der Waals surface area contributed by atoms with Crippen molar-refractivity contribution in [1.29, 1.82) is 0 Å². The lowest BCUT2D eigenvalue weighted by atomic mass is 10.2. The van der Waals surface area contributed by atoms with Crippen molar-refractivity contribution in [3.8, 4) is 0 Å². The van der Waals surface area contributed by atoms with Crippen LogP contribution in [0.25, 0.3) is 0 Å². The van der Waals surface area contributed by atoms with E-state index in [9.17, 15) is 8.42 Å². The molecule has 1 aliphatic rings. The number of piperazine rings is 1. The van der Waals surface area contributed by atoms with E-state index >= 15 is 0 Å². The summed E-state index contributed by atoms with van der Waals surface area (Å²) in [7, 11) is -1.71. The maximum atomic E-state index is 12.6. The number of nitrogens with one attached hydrogen (secondary N) is 1. The lowest BCUT2D eigenvalue weighted by Gasteiger charge is -2.38. The molecular formula is C13H22N4O2S. The number of hydrogen-bond donors (Lipinski definition) is 1. The van der Waals surface area contributed by atoms with E-state index in [4.69, 9.17) is 0 Å². The van der Waals surface area contributed by atoms with Crippen LogP contribution in [0, 0.1) is 0 Å². The summed E-state index contributed by atoms with van der Waals surface area (Å²) in [4.78, 5) is 6.64. The molecule has 1 unspecified atom stereocenters. The quantitative estimate of drug-likeness (QED) is 0.892. The van der Waals surface area contributed by atoms with Gasteiger partial charge in [0, 0.05) is 45.0 Å². The van der Waals surface area contributed by atoms with E-state index in [-0.39, 0.29) is 6.04 Å². The Morgan fingerprint density at radius 1 is 1.45 bits per heavy atom. The number of anilines is 1. The number of rotatable bonds is 4. The molecule has 0 bridgehead atoms. The van der Waals surface area contributed by atoms with Crippen molar-refractivity contribution in [2.45, 2.75) is 24.8 Å². The summed E-state index contributed by atoms with van der Waals surface area (Å²) < 4.78 is 26.9. The van der Waals surface area contributed by atoms with Crippen molar-refractivity contribution in [3.05, 3.63) is 18.3 Å². The van der Waals surface area contributed by atoms with Gasteiger partial charge >= 0.3 is 0 Å². The van der Waals surface area contributed by atoms with Crippen molar-refractivity contribution >= 4 is 15.8 Å². The van der Waals surface area contributed by atoms with Gasteiger partial charge < -0.3 is 5.32 Å².